The summed E-state index contributed by atoms with van der Waals surface area (Å²) < 4.78 is 37.6. The molecule has 3 aromatic rings. The minimum atomic E-state index is -0.840. The van der Waals surface area contributed by atoms with Gasteiger partial charge in [-0.2, -0.15) is 9.97 Å². The molecular weight excluding hydrogens is 532 g/mol. The zero-order chi connectivity index (χ0) is 29.2. The number of benzene rings is 1. The van der Waals surface area contributed by atoms with Crippen LogP contribution in [0.3, 0.4) is 0 Å². The number of alkyl halides is 1. The zero-order valence-corrected chi connectivity index (χ0v) is 25.4. The van der Waals surface area contributed by atoms with Crippen LogP contribution in [0.1, 0.15) is 89.2 Å². The number of fused-ring (bicyclic) bond motifs is 4. The van der Waals surface area contributed by atoms with E-state index in [2.05, 4.69) is 55.7 Å². The Hall–Kier alpha value is -2.87. The second kappa shape index (κ2) is 10.7. The molecule has 2 bridgehead atoms. The van der Waals surface area contributed by atoms with E-state index in [-0.39, 0.29) is 28.9 Å². The van der Waals surface area contributed by atoms with Crippen LogP contribution in [0, 0.1) is 17.7 Å². The first-order chi connectivity index (χ1) is 20.2. The highest BCUT2D eigenvalue weighted by Gasteiger charge is 2.49. The summed E-state index contributed by atoms with van der Waals surface area (Å²) in [5.41, 5.74) is 3.27. The summed E-state index contributed by atoms with van der Waals surface area (Å²) in [7, 11) is 0. The van der Waals surface area contributed by atoms with Gasteiger partial charge in [0.25, 0.3) is 0 Å². The number of hydrogen-bond acceptors (Lipinski definition) is 6. The first kappa shape index (κ1) is 27.9. The van der Waals surface area contributed by atoms with Crippen molar-refractivity contribution < 1.29 is 13.5 Å². The summed E-state index contributed by atoms with van der Waals surface area (Å²) in [6.07, 6.45) is 7.05. The first-order valence-corrected chi connectivity index (χ1v) is 16.0. The fraction of sp³-hybridized carbons (Fsp3) is 0.618. The van der Waals surface area contributed by atoms with E-state index in [4.69, 9.17) is 19.7 Å². The maximum Gasteiger partial charge on any atom is 0.319 e. The van der Waals surface area contributed by atoms with Gasteiger partial charge < -0.3 is 9.64 Å². The van der Waals surface area contributed by atoms with Crippen molar-refractivity contribution in [2.24, 2.45) is 11.8 Å². The Bertz CT molecular complexity index is 1460. The number of aromatic nitrogens is 3. The first-order valence-electron chi connectivity index (χ1n) is 16.0. The van der Waals surface area contributed by atoms with E-state index in [0.29, 0.717) is 48.3 Å². The smallest absolute Gasteiger partial charge is 0.319 e. The minimum Gasteiger partial charge on any atom is -0.461 e. The number of halogens is 2. The van der Waals surface area contributed by atoms with Crippen LogP contribution in [0.4, 0.5) is 14.6 Å². The van der Waals surface area contributed by atoms with Gasteiger partial charge in [-0.25, -0.2) is 8.78 Å². The average Bonchev–Trinajstić information content (AvgIpc) is 3.61. The molecule has 7 rings (SSSR count). The number of pyridine rings is 1. The SMILES string of the molecule is CC(C)c1cccc(C(C)C)c1-c1ncc2c(N3CC4CCC(C4)C3)nc(OC[C@@]34CCCN3C[C@H](F)C4)nc2c1F. The summed E-state index contributed by atoms with van der Waals surface area (Å²) in [6, 6.07) is 6.39. The quantitative estimate of drug-likeness (QED) is 0.295. The maximum atomic E-state index is 16.9. The van der Waals surface area contributed by atoms with Gasteiger partial charge in [0, 0.05) is 37.8 Å². The second-order valence-electron chi connectivity index (χ2n) is 13.9. The zero-order valence-electron chi connectivity index (χ0n) is 25.4. The van der Waals surface area contributed by atoms with Gasteiger partial charge in [-0.15, -0.1) is 0 Å². The van der Waals surface area contributed by atoms with Crippen molar-refractivity contribution >= 4 is 16.7 Å². The average molecular weight is 576 g/mol. The Balaban J connectivity index is 1.35. The fourth-order valence-electron chi connectivity index (χ4n) is 8.35. The molecule has 4 aliphatic rings. The Morgan fingerprint density at radius 3 is 2.43 bits per heavy atom. The molecule has 42 heavy (non-hydrogen) atoms. The molecule has 224 valence electrons. The standard InChI is InChI=1S/C34H43F2N5O/c1-20(2)25-7-5-8-26(21(3)4)28(25)31-29(36)30-27(15-37-31)32(40-16-22-9-10-23(13-22)17-40)39-33(38-30)42-19-34-11-6-12-41(34)18-24(35)14-34/h5,7-8,15,20-24H,6,9-14,16-19H2,1-4H3/t22?,23?,24-,34+/m1/s1. The molecule has 1 aliphatic carbocycles. The van der Waals surface area contributed by atoms with Crippen molar-refractivity contribution in [2.75, 3.05) is 37.7 Å². The summed E-state index contributed by atoms with van der Waals surface area (Å²) in [5.74, 6) is 1.96. The van der Waals surface area contributed by atoms with E-state index in [1.54, 1.807) is 6.20 Å². The molecule has 0 amide bonds. The Labute approximate surface area is 247 Å². The summed E-state index contributed by atoms with van der Waals surface area (Å²) in [4.78, 5) is 19.0. The van der Waals surface area contributed by atoms with Gasteiger partial charge in [0.2, 0.25) is 0 Å². The van der Waals surface area contributed by atoms with Crippen molar-refractivity contribution in [3.8, 4) is 17.3 Å². The minimum absolute atomic E-state index is 0.177. The van der Waals surface area contributed by atoms with E-state index < -0.39 is 12.0 Å². The van der Waals surface area contributed by atoms with Crippen molar-refractivity contribution in [2.45, 2.75) is 89.8 Å². The number of hydrogen-bond donors (Lipinski definition) is 0. The Morgan fingerprint density at radius 1 is 1.02 bits per heavy atom. The lowest BCUT2D eigenvalue weighted by Gasteiger charge is -2.34. The third kappa shape index (κ3) is 4.74. The molecule has 1 aromatic carbocycles. The van der Waals surface area contributed by atoms with Crippen LogP contribution in [0.25, 0.3) is 22.2 Å². The normalized spacial score (nSPS) is 27.5. The van der Waals surface area contributed by atoms with Crippen LogP contribution in [0.15, 0.2) is 24.4 Å². The topological polar surface area (TPSA) is 54.4 Å². The Morgan fingerprint density at radius 2 is 1.74 bits per heavy atom. The molecule has 2 unspecified atom stereocenters. The van der Waals surface area contributed by atoms with Gasteiger partial charge in [-0.3, -0.25) is 9.88 Å². The predicted octanol–water partition coefficient (Wildman–Crippen LogP) is 7.27. The van der Waals surface area contributed by atoms with Crippen LogP contribution >= 0.6 is 0 Å². The molecule has 5 heterocycles. The van der Waals surface area contributed by atoms with Crippen molar-refractivity contribution in [1.29, 1.82) is 0 Å². The van der Waals surface area contributed by atoms with Gasteiger partial charge in [-0.1, -0.05) is 45.9 Å². The molecule has 1 saturated carbocycles. The fourth-order valence-corrected chi connectivity index (χ4v) is 8.35. The molecule has 3 aliphatic heterocycles. The molecule has 8 heteroatoms. The van der Waals surface area contributed by atoms with E-state index >= 15 is 4.39 Å². The number of nitrogens with zero attached hydrogens (tertiary/aromatic N) is 5. The second-order valence-corrected chi connectivity index (χ2v) is 13.9. The highest BCUT2D eigenvalue weighted by Crippen LogP contribution is 2.43. The van der Waals surface area contributed by atoms with Gasteiger partial charge in [-0.05, 0) is 73.4 Å². The van der Waals surface area contributed by atoms with Crippen LogP contribution in [-0.4, -0.2) is 64.3 Å². The number of piperidine rings is 1. The highest BCUT2D eigenvalue weighted by atomic mass is 19.1. The molecule has 2 aromatic heterocycles. The van der Waals surface area contributed by atoms with E-state index in [1.165, 1.54) is 19.3 Å². The summed E-state index contributed by atoms with van der Waals surface area (Å²) in [5, 5.41) is 0.628. The van der Waals surface area contributed by atoms with Gasteiger partial charge in [0.15, 0.2) is 5.82 Å². The van der Waals surface area contributed by atoms with Crippen LogP contribution < -0.4 is 9.64 Å². The maximum absolute atomic E-state index is 16.9. The third-order valence-corrected chi connectivity index (χ3v) is 10.4. The number of anilines is 1. The number of rotatable bonds is 7. The lowest BCUT2D eigenvalue weighted by molar-refractivity contribution is 0.107. The number of ether oxygens (including phenoxy) is 1. The monoisotopic (exact) mass is 575 g/mol. The third-order valence-electron chi connectivity index (χ3n) is 10.4. The molecule has 4 atom stereocenters. The van der Waals surface area contributed by atoms with Gasteiger partial charge in [0.1, 0.15) is 29.8 Å². The van der Waals surface area contributed by atoms with Crippen molar-refractivity contribution in [3.63, 3.8) is 0 Å². The molecule has 4 fully saturated rings. The van der Waals surface area contributed by atoms with E-state index in [9.17, 15) is 4.39 Å². The molecule has 6 nitrogen and oxygen atoms in total. The Kier molecular flexibility index (Phi) is 7.11. The predicted molar refractivity (Wildman–Crippen MR) is 162 cm³/mol. The summed E-state index contributed by atoms with van der Waals surface area (Å²) >= 11 is 0. The van der Waals surface area contributed by atoms with Crippen LogP contribution in [0.5, 0.6) is 6.01 Å². The van der Waals surface area contributed by atoms with Crippen LogP contribution in [-0.2, 0) is 0 Å². The van der Waals surface area contributed by atoms with E-state index in [0.717, 1.165) is 49.2 Å². The van der Waals surface area contributed by atoms with Crippen molar-refractivity contribution in [3.05, 3.63) is 41.3 Å². The largest absolute Gasteiger partial charge is 0.461 e. The summed E-state index contributed by atoms with van der Waals surface area (Å²) in [6.45, 7) is 12.0. The van der Waals surface area contributed by atoms with Gasteiger partial charge in [0.05, 0.1) is 10.9 Å². The highest BCUT2D eigenvalue weighted by molar-refractivity contribution is 5.92. The molecule has 0 radical (unpaired) electrons. The van der Waals surface area contributed by atoms with E-state index in [1.807, 2.05) is 0 Å². The van der Waals surface area contributed by atoms with Gasteiger partial charge >= 0.3 is 6.01 Å². The molecule has 0 N–H and O–H groups in total. The lowest BCUT2D eigenvalue weighted by Crippen LogP contribution is -2.43. The lowest BCUT2D eigenvalue weighted by atomic mass is 9.86. The molecule has 0 spiro atoms. The molecular formula is C34H43F2N5O. The van der Waals surface area contributed by atoms with Crippen LogP contribution in [0.2, 0.25) is 0 Å². The molecule has 3 saturated heterocycles. The van der Waals surface area contributed by atoms with Crippen molar-refractivity contribution in [1.82, 2.24) is 19.9 Å².